The predicted molar refractivity (Wildman–Crippen MR) is 64.0 cm³/mol. The first-order valence-electron chi connectivity index (χ1n) is 4.74. The summed E-state index contributed by atoms with van der Waals surface area (Å²) in [5, 5.41) is 9.41. The van der Waals surface area contributed by atoms with Crippen molar-refractivity contribution in [3.8, 4) is 5.75 Å². The summed E-state index contributed by atoms with van der Waals surface area (Å²) in [4.78, 5) is 3.96. The Morgan fingerprint density at radius 2 is 2.13 bits per heavy atom. The molecule has 1 aromatic carbocycles. The summed E-state index contributed by atoms with van der Waals surface area (Å²) in [6, 6.07) is 5.38. The van der Waals surface area contributed by atoms with E-state index >= 15 is 0 Å². The number of hydrogen-bond donors (Lipinski definition) is 2. The summed E-state index contributed by atoms with van der Waals surface area (Å²) in [5.41, 5.74) is 9.17. The molecule has 0 amide bonds. The van der Waals surface area contributed by atoms with Crippen LogP contribution in [0.1, 0.15) is 18.1 Å². The number of benzene rings is 1. The lowest BCUT2D eigenvalue weighted by molar-refractivity contribution is 0.471. The van der Waals surface area contributed by atoms with E-state index in [2.05, 4.69) is 4.99 Å². The average Bonchev–Trinajstić information content (AvgIpc) is 2.18. The summed E-state index contributed by atoms with van der Waals surface area (Å²) in [6.45, 7) is 3.69. The summed E-state index contributed by atoms with van der Waals surface area (Å²) in [5.74, 6) is 0.293. The Hall–Kier alpha value is -1.77. The van der Waals surface area contributed by atoms with Gasteiger partial charge >= 0.3 is 0 Å². The van der Waals surface area contributed by atoms with Crippen molar-refractivity contribution in [2.45, 2.75) is 13.8 Å². The second-order valence-electron chi connectivity index (χ2n) is 3.49. The predicted octanol–water partition coefficient (Wildman–Crippen LogP) is 2.09. The number of nitrogens with zero attached hydrogens (tertiary/aromatic N) is 1. The minimum Gasteiger partial charge on any atom is -0.508 e. The largest absolute Gasteiger partial charge is 0.508 e. The maximum absolute atomic E-state index is 9.41. The SMILES string of the molecule is CN=CC(=C(C)N)c1ccc(O)c(C)c1. The molecule has 0 atom stereocenters. The van der Waals surface area contributed by atoms with Crippen molar-refractivity contribution in [1.29, 1.82) is 0 Å². The molecule has 0 bridgehead atoms. The number of phenols is 1. The van der Waals surface area contributed by atoms with Gasteiger partial charge in [-0.3, -0.25) is 4.99 Å². The molecule has 80 valence electrons. The molecular formula is C12H16N2O. The molecule has 0 unspecified atom stereocenters. The van der Waals surface area contributed by atoms with Gasteiger partial charge in [0.2, 0.25) is 0 Å². The van der Waals surface area contributed by atoms with Crippen LogP contribution in [0, 0.1) is 6.92 Å². The topological polar surface area (TPSA) is 58.6 Å². The van der Waals surface area contributed by atoms with E-state index in [0.717, 1.165) is 16.7 Å². The van der Waals surface area contributed by atoms with Gasteiger partial charge in [0.15, 0.2) is 0 Å². The summed E-state index contributed by atoms with van der Waals surface area (Å²) in [6.07, 6.45) is 1.72. The number of allylic oxidation sites excluding steroid dienone is 2. The van der Waals surface area contributed by atoms with E-state index in [4.69, 9.17) is 5.73 Å². The number of aliphatic imine (C=N–C) groups is 1. The van der Waals surface area contributed by atoms with Crippen molar-refractivity contribution < 1.29 is 5.11 Å². The number of aryl methyl sites for hydroxylation is 1. The van der Waals surface area contributed by atoms with E-state index in [0.29, 0.717) is 11.4 Å². The summed E-state index contributed by atoms with van der Waals surface area (Å²) < 4.78 is 0. The second-order valence-corrected chi connectivity index (χ2v) is 3.49. The molecule has 0 fully saturated rings. The Labute approximate surface area is 90.0 Å². The molecule has 0 spiro atoms. The number of aromatic hydroxyl groups is 1. The standard InChI is InChI=1S/C12H16N2O/c1-8-6-10(4-5-12(8)15)11(7-14-3)9(2)13/h4-7,15H,13H2,1-3H3. The monoisotopic (exact) mass is 204 g/mol. The first kappa shape index (κ1) is 11.3. The highest BCUT2D eigenvalue weighted by Gasteiger charge is 2.03. The van der Waals surface area contributed by atoms with Gasteiger partial charge in [-0.05, 0) is 37.1 Å². The lowest BCUT2D eigenvalue weighted by Gasteiger charge is -2.06. The molecule has 0 radical (unpaired) electrons. The fraction of sp³-hybridized carbons (Fsp3) is 0.250. The molecule has 0 saturated carbocycles. The lowest BCUT2D eigenvalue weighted by atomic mass is 10.0. The average molecular weight is 204 g/mol. The minimum atomic E-state index is 0.293. The third-order valence-corrected chi connectivity index (χ3v) is 2.19. The number of phenolic OH excluding ortho intramolecular Hbond substituents is 1. The number of hydrogen-bond acceptors (Lipinski definition) is 3. The third kappa shape index (κ3) is 2.59. The lowest BCUT2D eigenvalue weighted by Crippen LogP contribution is -1.99. The first-order valence-corrected chi connectivity index (χ1v) is 4.74. The van der Waals surface area contributed by atoms with Gasteiger partial charge in [-0.2, -0.15) is 0 Å². The van der Waals surface area contributed by atoms with Crippen LogP contribution in [0.4, 0.5) is 0 Å². The molecule has 3 N–H and O–H groups in total. The molecule has 15 heavy (non-hydrogen) atoms. The van der Waals surface area contributed by atoms with Gasteiger partial charge in [0.25, 0.3) is 0 Å². The van der Waals surface area contributed by atoms with Crippen LogP contribution in [-0.2, 0) is 0 Å². The summed E-state index contributed by atoms with van der Waals surface area (Å²) in [7, 11) is 1.70. The van der Waals surface area contributed by atoms with Crippen LogP contribution < -0.4 is 5.73 Å². The fourth-order valence-electron chi connectivity index (χ4n) is 1.36. The third-order valence-electron chi connectivity index (χ3n) is 2.19. The molecule has 0 aliphatic rings. The van der Waals surface area contributed by atoms with Gasteiger partial charge < -0.3 is 10.8 Å². The molecule has 0 aromatic heterocycles. The quantitative estimate of drug-likeness (QED) is 0.725. The van der Waals surface area contributed by atoms with E-state index in [-0.39, 0.29) is 0 Å². The van der Waals surface area contributed by atoms with Crippen LogP contribution in [0.25, 0.3) is 5.57 Å². The van der Waals surface area contributed by atoms with Crippen LogP contribution >= 0.6 is 0 Å². The molecule has 0 saturated heterocycles. The first-order chi connectivity index (χ1) is 7.06. The maximum atomic E-state index is 9.41. The highest BCUT2D eigenvalue weighted by atomic mass is 16.3. The highest BCUT2D eigenvalue weighted by Crippen LogP contribution is 2.22. The smallest absolute Gasteiger partial charge is 0.118 e. The molecule has 1 rings (SSSR count). The molecule has 0 heterocycles. The normalized spacial score (nSPS) is 13.0. The van der Waals surface area contributed by atoms with E-state index in [9.17, 15) is 5.11 Å². The Balaban J connectivity index is 3.25. The van der Waals surface area contributed by atoms with Crippen molar-refractivity contribution >= 4 is 11.8 Å². The van der Waals surface area contributed by atoms with Gasteiger partial charge in [-0.25, -0.2) is 0 Å². The zero-order valence-electron chi connectivity index (χ0n) is 9.28. The highest BCUT2D eigenvalue weighted by molar-refractivity contribution is 6.10. The van der Waals surface area contributed by atoms with E-state index in [1.165, 1.54) is 0 Å². The van der Waals surface area contributed by atoms with Crippen LogP contribution in [-0.4, -0.2) is 18.4 Å². The number of nitrogens with two attached hydrogens (primary N) is 1. The van der Waals surface area contributed by atoms with Crippen LogP contribution in [0.15, 0.2) is 28.9 Å². The van der Waals surface area contributed by atoms with Crippen LogP contribution in [0.3, 0.4) is 0 Å². The molecule has 0 aliphatic carbocycles. The maximum Gasteiger partial charge on any atom is 0.118 e. The second kappa shape index (κ2) is 4.64. The van der Waals surface area contributed by atoms with Crippen LogP contribution in [0.5, 0.6) is 5.75 Å². The van der Waals surface area contributed by atoms with E-state index in [1.807, 2.05) is 26.0 Å². The Bertz CT molecular complexity index is 416. The summed E-state index contributed by atoms with van der Waals surface area (Å²) >= 11 is 0. The zero-order valence-corrected chi connectivity index (χ0v) is 9.28. The number of rotatable bonds is 2. The fourth-order valence-corrected chi connectivity index (χ4v) is 1.36. The molecule has 3 heteroatoms. The zero-order chi connectivity index (χ0) is 11.4. The van der Waals surface area contributed by atoms with Gasteiger partial charge in [0, 0.05) is 24.5 Å². The minimum absolute atomic E-state index is 0.293. The van der Waals surface area contributed by atoms with Crippen molar-refractivity contribution in [3.05, 3.63) is 35.0 Å². The molecule has 0 aliphatic heterocycles. The molecular weight excluding hydrogens is 188 g/mol. The van der Waals surface area contributed by atoms with Gasteiger partial charge in [0.1, 0.15) is 5.75 Å². The van der Waals surface area contributed by atoms with E-state index in [1.54, 1.807) is 19.3 Å². The van der Waals surface area contributed by atoms with Gasteiger partial charge in [-0.15, -0.1) is 0 Å². The van der Waals surface area contributed by atoms with Crippen molar-refractivity contribution in [1.82, 2.24) is 0 Å². The van der Waals surface area contributed by atoms with Gasteiger partial charge in [-0.1, -0.05) is 6.07 Å². The molecule has 1 aromatic rings. The van der Waals surface area contributed by atoms with E-state index < -0.39 is 0 Å². The van der Waals surface area contributed by atoms with Crippen molar-refractivity contribution in [2.24, 2.45) is 10.7 Å². The van der Waals surface area contributed by atoms with Crippen molar-refractivity contribution in [2.75, 3.05) is 7.05 Å². The Morgan fingerprint density at radius 3 is 2.60 bits per heavy atom. The Kier molecular flexibility index (Phi) is 3.50. The Morgan fingerprint density at radius 1 is 1.47 bits per heavy atom. The van der Waals surface area contributed by atoms with Gasteiger partial charge in [0.05, 0.1) is 0 Å². The van der Waals surface area contributed by atoms with Crippen molar-refractivity contribution in [3.63, 3.8) is 0 Å². The van der Waals surface area contributed by atoms with Crippen LogP contribution in [0.2, 0.25) is 0 Å². The molecule has 3 nitrogen and oxygen atoms in total.